The molecule has 2 aliphatic rings. The Kier molecular flexibility index (Phi) is 2.66. The van der Waals surface area contributed by atoms with Gasteiger partial charge in [0.05, 0.1) is 18.7 Å². The lowest BCUT2D eigenvalue weighted by atomic mass is 9.90. The molecule has 1 atom stereocenters. The molecule has 0 spiro atoms. The van der Waals surface area contributed by atoms with Gasteiger partial charge in [-0.15, -0.1) is 0 Å². The molecule has 0 radical (unpaired) electrons. The van der Waals surface area contributed by atoms with E-state index in [1.54, 1.807) is 12.1 Å². The van der Waals surface area contributed by atoms with Crippen molar-refractivity contribution in [1.29, 1.82) is 0 Å². The Hall–Kier alpha value is -2.44. The van der Waals surface area contributed by atoms with E-state index in [4.69, 9.17) is 15.2 Å². The summed E-state index contributed by atoms with van der Waals surface area (Å²) in [6.45, 7) is 0.239. The number of nitrogens with zero attached hydrogens (tertiary/aromatic N) is 2. The summed E-state index contributed by atoms with van der Waals surface area (Å²) in [7, 11) is 0. The minimum absolute atomic E-state index is 0.00828. The van der Waals surface area contributed by atoms with Gasteiger partial charge in [0.15, 0.2) is 6.61 Å². The van der Waals surface area contributed by atoms with E-state index < -0.39 is 5.91 Å². The molecule has 1 aromatic carbocycles. The van der Waals surface area contributed by atoms with E-state index in [9.17, 15) is 9.59 Å². The maximum absolute atomic E-state index is 11.5. The third kappa shape index (κ3) is 2.14. The Morgan fingerprint density at radius 2 is 2.37 bits per heavy atom. The maximum atomic E-state index is 11.5. The van der Waals surface area contributed by atoms with E-state index in [0.29, 0.717) is 30.2 Å². The van der Waals surface area contributed by atoms with Crippen molar-refractivity contribution in [3.05, 3.63) is 17.7 Å². The second kappa shape index (κ2) is 4.34. The van der Waals surface area contributed by atoms with Crippen LogP contribution in [0.25, 0.3) is 0 Å². The zero-order chi connectivity index (χ0) is 13.4. The van der Waals surface area contributed by atoms with Crippen LogP contribution in [0.15, 0.2) is 22.4 Å². The number of rotatable bonds is 3. The summed E-state index contributed by atoms with van der Waals surface area (Å²) in [6, 6.07) is 3.24. The number of azo groups is 1. The first-order valence-corrected chi connectivity index (χ1v) is 5.80. The highest BCUT2D eigenvalue weighted by atomic mass is 16.5. The molecule has 7 heteroatoms. The van der Waals surface area contributed by atoms with E-state index in [0.717, 1.165) is 5.56 Å². The predicted molar refractivity (Wildman–Crippen MR) is 63.5 cm³/mol. The molecule has 0 aromatic heterocycles. The Morgan fingerprint density at radius 1 is 1.53 bits per heavy atom. The quantitative estimate of drug-likeness (QED) is 0.648. The molecule has 0 fully saturated rings. The Morgan fingerprint density at radius 3 is 3.16 bits per heavy atom. The van der Waals surface area contributed by atoms with Crippen molar-refractivity contribution in [2.75, 3.05) is 13.2 Å². The fourth-order valence-electron chi connectivity index (χ4n) is 2.24. The van der Waals surface area contributed by atoms with Gasteiger partial charge in [0.2, 0.25) is 0 Å². The number of nitrogens with two attached hydrogens (primary N) is 1. The SMILES string of the molecule is NC(=O)COc1cc2c3c(c1)OC(=O)CC3CN=N2. The normalized spacial score (nSPS) is 19.6. The number of hydrogen-bond acceptors (Lipinski definition) is 6. The van der Waals surface area contributed by atoms with Gasteiger partial charge < -0.3 is 15.2 Å². The van der Waals surface area contributed by atoms with Gasteiger partial charge in [-0.3, -0.25) is 9.59 Å². The zero-order valence-corrected chi connectivity index (χ0v) is 9.96. The number of carbonyl (C=O) groups is 2. The van der Waals surface area contributed by atoms with Crippen LogP contribution in [0.4, 0.5) is 5.69 Å². The summed E-state index contributed by atoms with van der Waals surface area (Å²) < 4.78 is 10.4. The van der Waals surface area contributed by atoms with Crippen LogP contribution in [0.1, 0.15) is 17.9 Å². The minimum atomic E-state index is -0.581. The molecule has 0 saturated heterocycles. The molecule has 1 aromatic rings. The van der Waals surface area contributed by atoms with E-state index in [1.807, 2.05) is 0 Å². The molecule has 1 unspecified atom stereocenters. The van der Waals surface area contributed by atoms with Crippen molar-refractivity contribution in [1.82, 2.24) is 0 Å². The number of hydrogen-bond donors (Lipinski definition) is 1. The molecule has 7 nitrogen and oxygen atoms in total. The lowest BCUT2D eigenvalue weighted by molar-refractivity contribution is -0.135. The molecule has 1 amide bonds. The lowest BCUT2D eigenvalue weighted by Crippen LogP contribution is -2.23. The Labute approximate surface area is 108 Å². The van der Waals surface area contributed by atoms with Crippen LogP contribution in [0.5, 0.6) is 11.5 Å². The third-order valence-corrected chi connectivity index (χ3v) is 3.00. The number of ether oxygens (including phenoxy) is 2. The molecule has 98 valence electrons. The smallest absolute Gasteiger partial charge is 0.311 e. The second-order valence-corrected chi connectivity index (χ2v) is 4.41. The van der Waals surface area contributed by atoms with Crippen LogP contribution in [0.2, 0.25) is 0 Å². The number of esters is 1. The van der Waals surface area contributed by atoms with Gasteiger partial charge in [-0.05, 0) is 0 Å². The topological polar surface area (TPSA) is 103 Å². The molecule has 0 saturated carbocycles. The largest absolute Gasteiger partial charge is 0.484 e. The summed E-state index contributed by atoms with van der Waals surface area (Å²) in [4.78, 5) is 22.2. The first kappa shape index (κ1) is 11.6. The number of primary amides is 1. The van der Waals surface area contributed by atoms with E-state index in [1.165, 1.54) is 0 Å². The minimum Gasteiger partial charge on any atom is -0.484 e. The monoisotopic (exact) mass is 261 g/mol. The van der Waals surface area contributed by atoms with Crippen molar-refractivity contribution in [2.24, 2.45) is 16.0 Å². The number of amides is 1. The van der Waals surface area contributed by atoms with Gasteiger partial charge in [0, 0.05) is 23.6 Å². The van der Waals surface area contributed by atoms with Crippen LogP contribution in [0, 0.1) is 0 Å². The summed E-state index contributed by atoms with van der Waals surface area (Å²) in [5, 5.41) is 8.02. The van der Waals surface area contributed by atoms with E-state index >= 15 is 0 Å². The van der Waals surface area contributed by atoms with E-state index in [-0.39, 0.29) is 18.5 Å². The second-order valence-electron chi connectivity index (χ2n) is 4.41. The summed E-state index contributed by atoms with van der Waals surface area (Å²) >= 11 is 0. The maximum Gasteiger partial charge on any atom is 0.311 e. The molecular weight excluding hydrogens is 250 g/mol. The predicted octanol–water partition coefficient (Wildman–Crippen LogP) is 1.04. The summed E-state index contributed by atoms with van der Waals surface area (Å²) in [6.07, 6.45) is 0.306. The third-order valence-electron chi connectivity index (χ3n) is 3.00. The average Bonchev–Trinajstić information content (AvgIpc) is 2.36. The van der Waals surface area contributed by atoms with Crippen LogP contribution in [-0.4, -0.2) is 25.0 Å². The van der Waals surface area contributed by atoms with E-state index in [2.05, 4.69) is 10.2 Å². The molecule has 2 N–H and O–H groups in total. The van der Waals surface area contributed by atoms with Crippen LogP contribution in [0.3, 0.4) is 0 Å². The first-order chi connectivity index (χ1) is 9.13. The Balaban J connectivity index is 2.00. The van der Waals surface area contributed by atoms with Crippen molar-refractivity contribution in [3.8, 4) is 11.5 Å². The fourth-order valence-corrected chi connectivity index (χ4v) is 2.24. The van der Waals surface area contributed by atoms with Gasteiger partial charge >= 0.3 is 5.97 Å². The summed E-state index contributed by atoms with van der Waals surface area (Å²) in [5.74, 6) is -0.0666. The first-order valence-electron chi connectivity index (χ1n) is 5.80. The molecule has 2 aliphatic heterocycles. The highest BCUT2D eigenvalue weighted by molar-refractivity contribution is 5.79. The molecule has 2 heterocycles. The average molecular weight is 261 g/mol. The van der Waals surface area contributed by atoms with Gasteiger partial charge in [0.25, 0.3) is 5.91 Å². The van der Waals surface area contributed by atoms with Crippen LogP contribution < -0.4 is 15.2 Å². The summed E-state index contributed by atoms with van der Waals surface area (Å²) in [5.41, 5.74) is 6.50. The fraction of sp³-hybridized carbons (Fsp3) is 0.333. The standard InChI is InChI=1S/C12H11N3O4/c13-10(16)5-18-7-2-8-12-6(4-14-15-8)1-11(17)19-9(12)3-7/h2-3,6H,1,4-5H2,(H2,13,16). The molecule has 0 aliphatic carbocycles. The highest BCUT2D eigenvalue weighted by Crippen LogP contribution is 2.45. The molecule has 3 rings (SSSR count). The van der Waals surface area contributed by atoms with Crippen molar-refractivity contribution in [3.63, 3.8) is 0 Å². The van der Waals surface area contributed by atoms with Gasteiger partial charge in [-0.2, -0.15) is 10.2 Å². The van der Waals surface area contributed by atoms with Crippen LogP contribution in [-0.2, 0) is 9.59 Å². The molecule has 0 bridgehead atoms. The van der Waals surface area contributed by atoms with Gasteiger partial charge in [-0.1, -0.05) is 0 Å². The van der Waals surface area contributed by atoms with Gasteiger partial charge in [-0.25, -0.2) is 0 Å². The highest BCUT2D eigenvalue weighted by Gasteiger charge is 2.32. The number of benzene rings is 1. The zero-order valence-electron chi connectivity index (χ0n) is 9.96. The number of carbonyl (C=O) groups excluding carboxylic acids is 2. The van der Waals surface area contributed by atoms with Crippen molar-refractivity contribution >= 4 is 17.6 Å². The van der Waals surface area contributed by atoms with Crippen LogP contribution >= 0.6 is 0 Å². The Bertz CT molecular complexity index is 597. The molecule has 19 heavy (non-hydrogen) atoms. The van der Waals surface area contributed by atoms with Gasteiger partial charge in [0.1, 0.15) is 11.5 Å². The lowest BCUT2D eigenvalue weighted by Gasteiger charge is -2.26. The van der Waals surface area contributed by atoms with Crippen molar-refractivity contribution < 1.29 is 19.1 Å². The molecular formula is C12H11N3O4. The van der Waals surface area contributed by atoms with Crippen molar-refractivity contribution in [2.45, 2.75) is 12.3 Å².